The predicted octanol–water partition coefficient (Wildman–Crippen LogP) is 1.07. The summed E-state index contributed by atoms with van der Waals surface area (Å²) in [5.41, 5.74) is 7.68. The van der Waals surface area contributed by atoms with Crippen molar-refractivity contribution in [3.8, 4) is 5.75 Å². The summed E-state index contributed by atoms with van der Waals surface area (Å²) in [5.74, 6) is 1.38. The van der Waals surface area contributed by atoms with Crippen LogP contribution in [0, 0.1) is 11.8 Å². The third-order valence-corrected chi connectivity index (χ3v) is 9.18. The number of nitrogens with zero attached hydrogens (tertiary/aromatic N) is 1. The van der Waals surface area contributed by atoms with Gasteiger partial charge in [0.15, 0.2) is 0 Å². The molecule has 0 radical (unpaired) electrons. The zero-order valence-corrected chi connectivity index (χ0v) is 18.1. The van der Waals surface area contributed by atoms with E-state index in [1.165, 1.54) is 24.0 Å². The van der Waals surface area contributed by atoms with Crippen molar-refractivity contribution in [3.63, 3.8) is 0 Å². The Labute approximate surface area is 185 Å². The van der Waals surface area contributed by atoms with Gasteiger partial charge in [-0.25, -0.2) is 0 Å². The number of aliphatic hydroxyl groups is 1. The van der Waals surface area contributed by atoms with Crippen LogP contribution in [0.4, 0.5) is 0 Å². The molecule has 2 unspecified atom stereocenters. The van der Waals surface area contributed by atoms with Crippen LogP contribution in [0.3, 0.4) is 0 Å². The van der Waals surface area contributed by atoms with Gasteiger partial charge < -0.3 is 20.6 Å². The van der Waals surface area contributed by atoms with Crippen molar-refractivity contribution >= 4 is 5.91 Å². The van der Waals surface area contributed by atoms with E-state index in [1.54, 1.807) is 13.2 Å². The third-order valence-electron chi connectivity index (χ3n) is 9.18. The Morgan fingerprint density at radius 2 is 2.12 bits per heavy atom. The molecule has 7 heteroatoms. The van der Waals surface area contributed by atoms with Crippen LogP contribution in [-0.2, 0) is 18.3 Å². The number of carbonyl (C=O) groups excluding carboxylic acids is 1. The highest BCUT2D eigenvalue weighted by Gasteiger charge is 2.79. The Morgan fingerprint density at radius 3 is 2.84 bits per heavy atom. The molecule has 4 N–H and O–H groups in total. The summed E-state index contributed by atoms with van der Waals surface area (Å²) in [4.78, 5) is 29.8. The van der Waals surface area contributed by atoms with Crippen molar-refractivity contribution in [1.29, 1.82) is 0 Å². The maximum absolute atomic E-state index is 12.6. The zero-order valence-electron chi connectivity index (χ0n) is 18.1. The van der Waals surface area contributed by atoms with Crippen LogP contribution < -0.4 is 16.0 Å². The van der Waals surface area contributed by atoms with Gasteiger partial charge in [0.25, 0.3) is 11.5 Å². The van der Waals surface area contributed by atoms with E-state index in [0.717, 1.165) is 36.0 Å². The maximum atomic E-state index is 12.6. The molecule has 1 amide bonds. The highest BCUT2D eigenvalue weighted by Crippen LogP contribution is 2.73. The Morgan fingerprint density at radius 1 is 1.31 bits per heavy atom. The van der Waals surface area contributed by atoms with Gasteiger partial charge >= 0.3 is 0 Å². The third kappa shape index (κ3) is 2.05. The predicted molar refractivity (Wildman–Crippen MR) is 117 cm³/mol. The lowest BCUT2D eigenvalue weighted by Gasteiger charge is -2.57. The molecular weight excluding hydrogens is 406 g/mol. The van der Waals surface area contributed by atoms with Crippen molar-refractivity contribution in [2.45, 2.75) is 48.7 Å². The summed E-state index contributed by atoms with van der Waals surface area (Å²) >= 11 is 0. The molecular formula is C25H27N3O4. The van der Waals surface area contributed by atoms with Gasteiger partial charge in [0.05, 0.1) is 12.7 Å². The minimum Gasteiger partial charge on any atom is -0.497 e. The van der Waals surface area contributed by atoms with Crippen LogP contribution in [0.5, 0.6) is 5.75 Å². The number of primary amides is 1. The van der Waals surface area contributed by atoms with Gasteiger partial charge in [-0.2, -0.15) is 0 Å². The molecule has 7 rings (SSSR count). The van der Waals surface area contributed by atoms with Crippen molar-refractivity contribution in [2.75, 3.05) is 20.2 Å². The molecule has 1 spiro atoms. The Bertz CT molecular complexity index is 1250. The number of hydrogen-bond acceptors (Lipinski definition) is 5. The number of piperidine rings is 1. The fourth-order valence-corrected chi connectivity index (χ4v) is 7.87. The molecule has 5 atom stereocenters. The molecule has 1 aliphatic heterocycles. The molecule has 7 nitrogen and oxygen atoms in total. The summed E-state index contributed by atoms with van der Waals surface area (Å²) in [5, 5.41) is 12.6. The smallest absolute Gasteiger partial charge is 0.261 e. The number of hydrogen-bond donors (Lipinski definition) is 3. The first-order valence-corrected chi connectivity index (χ1v) is 11.6. The first-order chi connectivity index (χ1) is 15.4. The van der Waals surface area contributed by atoms with E-state index in [2.05, 4.69) is 22.0 Å². The van der Waals surface area contributed by atoms with Gasteiger partial charge in [0.1, 0.15) is 11.3 Å². The van der Waals surface area contributed by atoms with E-state index in [4.69, 9.17) is 10.5 Å². The number of fused-ring (bicyclic) bond motifs is 3. The number of pyridine rings is 1. The van der Waals surface area contributed by atoms with E-state index in [0.29, 0.717) is 18.8 Å². The van der Waals surface area contributed by atoms with Gasteiger partial charge in [-0.15, -0.1) is 0 Å². The number of methoxy groups -OCH3 is 1. The lowest BCUT2D eigenvalue weighted by molar-refractivity contribution is -0.114. The number of ether oxygens (including phenoxy) is 1. The second kappa shape index (κ2) is 5.83. The number of amides is 1. The van der Waals surface area contributed by atoms with Gasteiger partial charge in [-0.1, -0.05) is 6.07 Å². The molecule has 3 fully saturated rings. The Hall–Kier alpha value is -2.64. The molecule has 2 aromatic rings. The second-order valence-corrected chi connectivity index (χ2v) is 10.6. The molecule has 2 saturated carbocycles. The summed E-state index contributed by atoms with van der Waals surface area (Å²) in [6, 6.07) is 7.96. The number of benzene rings is 1. The maximum Gasteiger partial charge on any atom is 0.261 e. The Kier molecular flexibility index (Phi) is 3.44. The number of H-pyrrole nitrogens is 1. The summed E-state index contributed by atoms with van der Waals surface area (Å²) in [6.45, 7) is 2.02. The van der Waals surface area contributed by atoms with Crippen LogP contribution in [-0.4, -0.2) is 52.7 Å². The van der Waals surface area contributed by atoms with E-state index < -0.39 is 22.5 Å². The molecule has 1 saturated heterocycles. The fraction of sp³-hybridized carbons (Fsp3) is 0.520. The fourth-order valence-electron chi connectivity index (χ4n) is 7.87. The highest BCUT2D eigenvalue weighted by atomic mass is 16.5. The molecule has 1 aromatic heterocycles. The second-order valence-electron chi connectivity index (χ2n) is 10.6. The molecule has 1 aromatic carbocycles. The average molecular weight is 434 g/mol. The quantitative estimate of drug-likeness (QED) is 0.669. The van der Waals surface area contributed by atoms with Crippen molar-refractivity contribution in [1.82, 2.24) is 9.88 Å². The summed E-state index contributed by atoms with van der Waals surface area (Å²) < 4.78 is 5.55. The van der Waals surface area contributed by atoms with Crippen LogP contribution in [0.15, 0.2) is 29.1 Å². The Balaban J connectivity index is 1.44. The number of nitrogens with one attached hydrogen (secondary N) is 1. The minimum atomic E-state index is -0.963. The largest absolute Gasteiger partial charge is 0.497 e. The topological polar surface area (TPSA) is 109 Å². The molecule has 5 aliphatic rings. The van der Waals surface area contributed by atoms with Gasteiger partial charge in [0.2, 0.25) is 0 Å². The van der Waals surface area contributed by atoms with Crippen LogP contribution in [0.2, 0.25) is 0 Å². The first-order valence-electron chi connectivity index (χ1n) is 11.6. The molecule has 4 bridgehead atoms. The van der Waals surface area contributed by atoms with Crippen LogP contribution >= 0.6 is 0 Å². The van der Waals surface area contributed by atoms with E-state index in [-0.39, 0.29) is 17.5 Å². The highest BCUT2D eigenvalue weighted by molar-refractivity contribution is 5.92. The molecule has 2 heterocycles. The van der Waals surface area contributed by atoms with Gasteiger partial charge in [0, 0.05) is 49.0 Å². The molecule has 166 valence electrons. The zero-order chi connectivity index (χ0) is 22.0. The summed E-state index contributed by atoms with van der Waals surface area (Å²) in [7, 11) is 1.67. The minimum absolute atomic E-state index is 0.0338. The number of aromatic amines is 1. The molecule has 4 aliphatic carbocycles. The number of aromatic nitrogens is 1. The van der Waals surface area contributed by atoms with Crippen molar-refractivity contribution in [2.24, 2.45) is 17.6 Å². The first kappa shape index (κ1) is 18.9. The van der Waals surface area contributed by atoms with Crippen LogP contribution in [0.1, 0.15) is 51.5 Å². The van der Waals surface area contributed by atoms with E-state index >= 15 is 0 Å². The normalized spacial score (nSPS) is 36.0. The lowest BCUT2D eigenvalue weighted by atomic mass is 9.55. The van der Waals surface area contributed by atoms with Gasteiger partial charge in [-0.3, -0.25) is 14.5 Å². The van der Waals surface area contributed by atoms with Crippen molar-refractivity contribution in [3.05, 3.63) is 62.6 Å². The lowest BCUT2D eigenvalue weighted by Crippen LogP contribution is -2.69. The van der Waals surface area contributed by atoms with E-state index in [1.807, 2.05) is 6.07 Å². The number of rotatable bonds is 4. The monoisotopic (exact) mass is 433 g/mol. The van der Waals surface area contributed by atoms with E-state index in [9.17, 15) is 14.7 Å². The summed E-state index contributed by atoms with van der Waals surface area (Å²) in [6.07, 6.45) is 3.53. The average Bonchev–Trinajstić information content (AvgIpc) is 3.38. The number of nitrogens with two attached hydrogens (primary N) is 1. The standard InChI is InChI=1S/C25H27N3O4/c1-32-14-4-5-15-17(7-14)24-9-19-13(6-16(22(26)29)23(30)27-19)8-25(24,31)21-20(15)18(24)11-28(21)10-12-2-3-12/h4-7,12,18,20-21,31H,2-3,8-11H2,1H3,(H2,26,29)(H,27,30)/t18?,20?,21-,24-,25-/m1/s1. The van der Waals surface area contributed by atoms with Crippen LogP contribution in [0.25, 0.3) is 0 Å². The number of likely N-dealkylation sites (tertiary alicyclic amines) is 1. The number of carbonyl (C=O) groups is 1. The van der Waals surface area contributed by atoms with Gasteiger partial charge in [-0.05, 0) is 59.6 Å². The SMILES string of the molecule is COc1ccc2c(c1)[C@@]13Cc4[nH]c(=O)c(C(N)=O)cc4C[C@@]1(O)[C@H]1C2C3CN1CC1CC1. The van der Waals surface area contributed by atoms with Crippen molar-refractivity contribution < 1.29 is 14.6 Å². The molecule has 32 heavy (non-hydrogen) atoms.